The third kappa shape index (κ3) is 1.31. The van der Waals surface area contributed by atoms with E-state index in [4.69, 9.17) is 9.52 Å². The number of carboxylic acid groups (broad SMARTS) is 1. The Kier molecular flexibility index (Phi) is 2.11. The topological polar surface area (TPSA) is 119 Å². The van der Waals surface area contributed by atoms with Crippen LogP contribution in [0.1, 0.15) is 29.0 Å². The Hall–Kier alpha value is -2.41. The van der Waals surface area contributed by atoms with Gasteiger partial charge in [-0.3, -0.25) is 15.1 Å². The molecule has 0 amide bonds. The van der Waals surface area contributed by atoms with Crippen molar-refractivity contribution in [1.29, 1.82) is 0 Å². The molecule has 0 saturated heterocycles. The van der Waals surface area contributed by atoms with Gasteiger partial charge >= 0.3 is 5.97 Å². The van der Waals surface area contributed by atoms with Crippen LogP contribution in [0.15, 0.2) is 22.8 Å². The molecule has 3 rings (SSSR count). The molecule has 2 atom stereocenters. The second kappa shape index (κ2) is 3.54. The average molecular weight is 250 g/mol. The summed E-state index contributed by atoms with van der Waals surface area (Å²) in [5.41, 5.74) is 0.441. The number of rotatable bonds is 2. The van der Waals surface area contributed by atoms with Gasteiger partial charge in [0.15, 0.2) is 11.8 Å². The van der Waals surface area contributed by atoms with E-state index < -0.39 is 18.1 Å². The maximum atomic E-state index is 11.1. The zero-order valence-corrected chi connectivity index (χ0v) is 9.04. The van der Waals surface area contributed by atoms with Gasteiger partial charge in [-0.05, 0) is 12.1 Å². The number of carboxylic acids is 1. The van der Waals surface area contributed by atoms with Gasteiger partial charge in [-0.1, -0.05) is 0 Å². The van der Waals surface area contributed by atoms with Gasteiger partial charge < -0.3 is 19.7 Å². The standard InChI is InChI=1S/C11H10N2O5/c14-9-5-6(10(15)13-9)8(11(16)17)12-7(5)4-2-1-3-18-4/h1-3,7-8,12-15H,(H,16,17). The first-order valence-corrected chi connectivity index (χ1v) is 5.25. The molecule has 18 heavy (non-hydrogen) atoms. The lowest BCUT2D eigenvalue weighted by Gasteiger charge is -2.11. The summed E-state index contributed by atoms with van der Waals surface area (Å²) in [6.07, 6.45) is 1.45. The maximum absolute atomic E-state index is 11.1. The molecule has 2 aromatic heterocycles. The molecule has 3 heterocycles. The Labute approximate surface area is 101 Å². The fourth-order valence-electron chi connectivity index (χ4n) is 2.29. The molecule has 0 aliphatic carbocycles. The van der Waals surface area contributed by atoms with E-state index in [-0.39, 0.29) is 17.3 Å². The Morgan fingerprint density at radius 3 is 2.61 bits per heavy atom. The molecule has 7 nitrogen and oxygen atoms in total. The van der Waals surface area contributed by atoms with E-state index in [1.165, 1.54) is 6.26 Å². The van der Waals surface area contributed by atoms with Crippen LogP contribution in [0.25, 0.3) is 0 Å². The Morgan fingerprint density at radius 2 is 2.00 bits per heavy atom. The molecule has 0 aromatic carbocycles. The minimum absolute atomic E-state index is 0.140. The number of fused-ring (bicyclic) bond motifs is 1. The van der Waals surface area contributed by atoms with Gasteiger partial charge in [-0.15, -0.1) is 0 Å². The molecular formula is C11H10N2O5. The molecule has 0 spiro atoms. The van der Waals surface area contributed by atoms with E-state index in [9.17, 15) is 15.0 Å². The first-order valence-electron chi connectivity index (χ1n) is 5.25. The van der Waals surface area contributed by atoms with E-state index >= 15 is 0 Å². The lowest BCUT2D eigenvalue weighted by molar-refractivity contribution is -0.139. The lowest BCUT2D eigenvalue weighted by Crippen LogP contribution is -2.25. The van der Waals surface area contributed by atoms with E-state index in [1.54, 1.807) is 12.1 Å². The number of aliphatic carboxylic acids is 1. The molecule has 5 N–H and O–H groups in total. The number of hydrogen-bond donors (Lipinski definition) is 5. The third-order valence-corrected chi connectivity index (χ3v) is 3.02. The number of aromatic nitrogens is 1. The van der Waals surface area contributed by atoms with Gasteiger partial charge in [0.05, 0.1) is 17.9 Å². The van der Waals surface area contributed by atoms with Crippen molar-refractivity contribution in [3.05, 3.63) is 35.3 Å². The van der Waals surface area contributed by atoms with Crippen molar-refractivity contribution in [3.63, 3.8) is 0 Å². The summed E-state index contributed by atoms with van der Waals surface area (Å²) in [7, 11) is 0. The quantitative estimate of drug-likeness (QED) is 0.538. The molecule has 0 fully saturated rings. The molecule has 2 aromatic rings. The van der Waals surface area contributed by atoms with Crippen LogP contribution < -0.4 is 5.32 Å². The zero-order valence-electron chi connectivity index (χ0n) is 9.04. The largest absolute Gasteiger partial charge is 0.494 e. The minimum Gasteiger partial charge on any atom is -0.494 e. The normalized spacial score (nSPS) is 22.0. The lowest BCUT2D eigenvalue weighted by atomic mass is 10.1. The molecule has 0 saturated carbocycles. The highest BCUT2D eigenvalue weighted by molar-refractivity contribution is 5.80. The number of carbonyl (C=O) groups is 1. The minimum atomic E-state index is -1.14. The molecule has 0 bridgehead atoms. The second-order valence-electron chi connectivity index (χ2n) is 4.04. The van der Waals surface area contributed by atoms with Crippen molar-refractivity contribution in [3.8, 4) is 11.8 Å². The number of furan rings is 1. The number of aromatic hydroxyl groups is 2. The summed E-state index contributed by atoms with van der Waals surface area (Å²) in [5, 5.41) is 31.3. The highest BCUT2D eigenvalue weighted by Gasteiger charge is 2.42. The SMILES string of the molecule is O=C(O)C1NC(c2ccco2)c2c(O)[nH]c(O)c21. The molecule has 1 aliphatic heterocycles. The van der Waals surface area contributed by atoms with Gasteiger partial charge in [0.1, 0.15) is 11.8 Å². The number of aromatic amines is 1. The predicted octanol–water partition coefficient (Wildman–Crippen LogP) is 0.837. The summed E-state index contributed by atoms with van der Waals surface area (Å²) < 4.78 is 5.20. The summed E-state index contributed by atoms with van der Waals surface area (Å²) in [5.74, 6) is -1.29. The molecular weight excluding hydrogens is 240 g/mol. The van der Waals surface area contributed by atoms with Crippen LogP contribution in [0.2, 0.25) is 0 Å². The van der Waals surface area contributed by atoms with Crippen molar-refractivity contribution in [1.82, 2.24) is 10.3 Å². The third-order valence-electron chi connectivity index (χ3n) is 3.02. The van der Waals surface area contributed by atoms with Gasteiger partial charge in [-0.2, -0.15) is 0 Å². The Balaban J connectivity index is 2.16. The fraction of sp³-hybridized carbons (Fsp3) is 0.182. The van der Waals surface area contributed by atoms with E-state index in [2.05, 4.69) is 10.3 Å². The van der Waals surface area contributed by atoms with Gasteiger partial charge in [0.25, 0.3) is 0 Å². The zero-order chi connectivity index (χ0) is 12.9. The summed E-state index contributed by atoms with van der Waals surface area (Å²) in [6.45, 7) is 0. The van der Waals surface area contributed by atoms with Crippen LogP contribution in [-0.4, -0.2) is 26.3 Å². The van der Waals surface area contributed by atoms with Crippen molar-refractivity contribution in [2.24, 2.45) is 0 Å². The van der Waals surface area contributed by atoms with Crippen LogP contribution >= 0.6 is 0 Å². The predicted molar refractivity (Wildman–Crippen MR) is 58.2 cm³/mol. The highest BCUT2D eigenvalue weighted by Crippen LogP contribution is 2.46. The van der Waals surface area contributed by atoms with Crippen LogP contribution in [0, 0.1) is 0 Å². The first kappa shape index (κ1) is 10.7. The number of H-pyrrole nitrogens is 1. The van der Waals surface area contributed by atoms with Crippen LogP contribution in [0.3, 0.4) is 0 Å². The molecule has 2 unspecified atom stereocenters. The van der Waals surface area contributed by atoms with Crippen molar-refractivity contribution >= 4 is 5.97 Å². The first-order chi connectivity index (χ1) is 8.59. The van der Waals surface area contributed by atoms with Crippen molar-refractivity contribution in [2.45, 2.75) is 12.1 Å². The van der Waals surface area contributed by atoms with Crippen molar-refractivity contribution < 1.29 is 24.5 Å². The maximum Gasteiger partial charge on any atom is 0.325 e. The smallest absolute Gasteiger partial charge is 0.325 e. The fourth-order valence-corrected chi connectivity index (χ4v) is 2.29. The van der Waals surface area contributed by atoms with Gasteiger partial charge in [0, 0.05) is 5.56 Å². The van der Waals surface area contributed by atoms with Crippen LogP contribution in [0.5, 0.6) is 11.8 Å². The van der Waals surface area contributed by atoms with Crippen LogP contribution in [-0.2, 0) is 4.79 Å². The Bertz CT molecular complexity index is 601. The number of hydrogen-bond acceptors (Lipinski definition) is 5. The van der Waals surface area contributed by atoms with E-state index in [0.29, 0.717) is 11.3 Å². The summed E-state index contributed by atoms with van der Waals surface area (Å²) >= 11 is 0. The summed E-state index contributed by atoms with van der Waals surface area (Å²) in [6, 6.07) is 1.63. The van der Waals surface area contributed by atoms with E-state index in [1.807, 2.05) is 0 Å². The summed E-state index contributed by atoms with van der Waals surface area (Å²) in [4.78, 5) is 13.5. The second-order valence-corrected chi connectivity index (χ2v) is 4.04. The average Bonchev–Trinajstić information content (AvgIpc) is 2.98. The van der Waals surface area contributed by atoms with Crippen LogP contribution in [0.4, 0.5) is 0 Å². The highest BCUT2D eigenvalue weighted by atomic mass is 16.4. The molecule has 94 valence electrons. The van der Waals surface area contributed by atoms with E-state index in [0.717, 1.165) is 0 Å². The Morgan fingerprint density at radius 1 is 1.28 bits per heavy atom. The van der Waals surface area contributed by atoms with Gasteiger partial charge in [-0.25, -0.2) is 0 Å². The number of nitrogens with one attached hydrogen (secondary N) is 2. The monoisotopic (exact) mass is 250 g/mol. The molecule has 7 heteroatoms. The van der Waals surface area contributed by atoms with Crippen molar-refractivity contribution in [2.75, 3.05) is 0 Å². The molecule has 0 radical (unpaired) electrons. The molecule has 1 aliphatic rings. The van der Waals surface area contributed by atoms with Gasteiger partial charge in [0.2, 0.25) is 0 Å².